The molecular formula is C22H21N3O4. The molecule has 1 aromatic heterocycles. The minimum absolute atomic E-state index is 0.0266. The molecule has 1 saturated heterocycles. The lowest BCUT2D eigenvalue weighted by molar-refractivity contribution is -0.128. The van der Waals surface area contributed by atoms with E-state index in [-0.39, 0.29) is 24.1 Å². The fraction of sp³-hybridized carbons (Fsp3) is 0.227. The molecule has 2 aromatic carbocycles. The quantitative estimate of drug-likeness (QED) is 0.697. The minimum atomic E-state index is -0.425. The Labute approximate surface area is 168 Å². The monoisotopic (exact) mass is 391 g/mol. The van der Waals surface area contributed by atoms with Gasteiger partial charge in [-0.05, 0) is 17.7 Å². The van der Waals surface area contributed by atoms with Gasteiger partial charge in [0, 0.05) is 31.1 Å². The topological polar surface area (TPSA) is 84.7 Å². The number of amides is 2. The molecule has 1 aliphatic rings. The van der Waals surface area contributed by atoms with Crippen molar-refractivity contribution in [3.05, 3.63) is 66.2 Å². The van der Waals surface area contributed by atoms with Gasteiger partial charge in [0.1, 0.15) is 11.4 Å². The summed E-state index contributed by atoms with van der Waals surface area (Å²) >= 11 is 0. The normalized spacial score (nSPS) is 16.1. The first-order chi connectivity index (χ1) is 14.1. The number of hydrogen-bond acceptors (Lipinski definition) is 5. The Morgan fingerprint density at radius 3 is 2.76 bits per heavy atom. The number of likely N-dealkylation sites (tertiary alicyclic amines) is 1. The van der Waals surface area contributed by atoms with E-state index < -0.39 is 5.92 Å². The third-order valence-corrected chi connectivity index (χ3v) is 4.94. The molecule has 29 heavy (non-hydrogen) atoms. The molecule has 1 unspecified atom stereocenters. The molecule has 1 atom stereocenters. The molecule has 148 valence electrons. The van der Waals surface area contributed by atoms with Crippen LogP contribution in [-0.4, -0.2) is 35.5 Å². The molecule has 0 saturated carbocycles. The van der Waals surface area contributed by atoms with Crippen LogP contribution in [0.2, 0.25) is 0 Å². The number of carbonyl (C=O) groups is 2. The molecular weight excluding hydrogens is 370 g/mol. The Morgan fingerprint density at radius 2 is 1.97 bits per heavy atom. The molecule has 7 heteroatoms. The molecule has 1 aliphatic heterocycles. The molecule has 3 aromatic rings. The van der Waals surface area contributed by atoms with Crippen molar-refractivity contribution < 1.29 is 18.8 Å². The first-order valence-corrected chi connectivity index (χ1v) is 9.36. The number of carbonyl (C=O) groups excluding carboxylic acids is 2. The third-order valence-electron chi connectivity index (χ3n) is 4.94. The molecule has 0 aliphatic carbocycles. The van der Waals surface area contributed by atoms with Gasteiger partial charge in [-0.25, -0.2) is 0 Å². The zero-order chi connectivity index (χ0) is 20.2. The van der Waals surface area contributed by atoms with Crippen LogP contribution in [-0.2, 0) is 16.1 Å². The van der Waals surface area contributed by atoms with Crippen LogP contribution >= 0.6 is 0 Å². The number of ether oxygens (including phenoxy) is 1. The van der Waals surface area contributed by atoms with Gasteiger partial charge in [0.05, 0.1) is 13.0 Å². The van der Waals surface area contributed by atoms with Crippen LogP contribution in [0.15, 0.2) is 65.2 Å². The first-order valence-electron chi connectivity index (χ1n) is 9.36. The summed E-state index contributed by atoms with van der Waals surface area (Å²) in [6, 6.07) is 18.8. The first kappa shape index (κ1) is 18.7. The van der Waals surface area contributed by atoms with Gasteiger partial charge in [0.2, 0.25) is 17.7 Å². The second-order valence-corrected chi connectivity index (χ2v) is 6.93. The minimum Gasteiger partial charge on any atom is -0.496 e. The van der Waals surface area contributed by atoms with Gasteiger partial charge < -0.3 is 14.2 Å². The van der Waals surface area contributed by atoms with Crippen LogP contribution in [0, 0.1) is 5.92 Å². The highest BCUT2D eigenvalue weighted by atomic mass is 16.5. The maximum atomic E-state index is 12.6. The number of nitrogens with one attached hydrogen (secondary N) is 1. The van der Waals surface area contributed by atoms with Gasteiger partial charge in [-0.15, -0.1) is 0 Å². The van der Waals surface area contributed by atoms with E-state index in [1.54, 1.807) is 18.1 Å². The van der Waals surface area contributed by atoms with E-state index in [0.29, 0.717) is 24.5 Å². The highest BCUT2D eigenvalue weighted by molar-refractivity contribution is 5.96. The Bertz CT molecular complexity index is 1020. The SMILES string of the molecule is COc1ccccc1-c1cc(NC(=O)C2CC(=O)N(Cc3ccccc3)C2)on1. The summed E-state index contributed by atoms with van der Waals surface area (Å²) in [7, 11) is 1.58. The van der Waals surface area contributed by atoms with Crippen molar-refractivity contribution in [2.45, 2.75) is 13.0 Å². The molecule has 2 amide bonds. The number of hydrogen-bond donors (Lipinski definition) is 1. The van der Waals surface area contributed by atoms with Gasteiger partial charge in [0.25, 0.3) is 0 Å². The van der Waals surface area contributed by atoms with Crippen molar-refractivity contribution in [2.75, 3.05) is 19.0 Å². The second-order valence-electron chi connectivity index (χ2n) is 6.93. The number of methoxy groups -OCH3 is 1. The zero-order valence-corrected chi connectivity index (χ0v) is 16.0. The van der Waals surface area contributed by atoms with E-state index in [4.69, 9.17) is 9.26 Å². The Balaban J connectivity index is 1.40. The van der Waals surface area contributed by atoms with Crippen molar-refractivity contribution in [3.8, 4) is 17.0 Å². The lowest BCUT2D eigenvalue weighted by atomic mass is 10.1. The van der Waals surface area contributed by atoms with Gasteiger partial charge in [0.15, 0.2) is 0 Å². The van der Waals surface area contributed by atoms with Crippen LogP contribution in [0.3, 0.4) is 0 Å². The number of anilines is 1. The van der Waals surface area contributed by atoms with Crippen molar-refractivity contribution in [2.24, 2.45) is 5.92 Å². The maximum absolute atomic E-state index is 12.6. The van der Waals surface area contributed by atoms with Crippen molar-refractivity contribution in [1.82, 2.24) is 10.1 Å². The number of rotatable bonds is 6. The zero-order valence-electron chi connectivity index (χ0n) is 16.0. The van der Waals surface area contributed by atoms with Crippen LogP contribution in [0.25, 0.3) is 11.3 Å². The molecule has 0 spiro atoms. The van der Waals surface area contributed by atoms with E-state index in [0.717, 1.165) is 11.1 Å². The van der Waals surface area contributed by atoms with E-state index in [9.17, 15) is 9.59 Å². The predicted octanol–water partition coefficient (Wildman–Crippen LogP) is 3.34. The number of aromatic nitrogens is 1. The highest BCUT2D eigenvalue weighted by Gasteiger charge is 2.34. The van der Waals surface area contributed by atoms with E-state index in [1.807, 2.05) is 54.6 Å². The summed E-state index contributed by atoms with van der Waals surface area (Å²) in [4.78, 5) is 26.6. The molecule has 0 radical (unpaired) electrons. The third kappa shape index (κ3) is 4.13. The lowest BCUT2D eigenvalue weighted by Crippen LogP contribution is -2.27. The Kier molecular flexibility index (Phi) is 5.29. The van der Waals surface area contributed by atoms with Crippen LogP contribution in [0.5, 0.6) is 5.75 Å². The van der Waals surface area contributed by atoms with Crippen LogP contribution in [0.1, 0.15) is 12.0 Å². The van der Waals surface area contributed by atoms with Gasteiger partial charge in [-0.3, -0.25) is 14.9 Å². The summed E-state index contributed by atoms with van der Waals surface area (Å²) in [5, 5.41) is 6.74. The number of para-hydroxylation sites is 1. The Morgan fingerprint density at radius 1 is 1.21 bits per heavy atom. The molecule has 1 fully saturated rings. The maximum Gasteiger partial charge on any atom is 0.232 e. The summed E-state index contributed by atoms with van der Waals surface area (Å²) in [6.07, 6.45) is 0.187. The standard InChI is InChI=1S/C22H21N3O4/c1-28-19-10-6-5-9-17(19)18-12-20(29-24-18)23-22(27)16-11-21(26)25(14-16)13-15-7-3-2-4-8-15/h2-10,12,16H,11,13-14H2,1H3,(H,23,27). The van der Waals surface area contributed by atoms with Crippen molar-refractivity contribution in [1.29, 1.82) is 0 Å². The molecule has 7 nitrogen and oxygen atoms in total. The lowest BCUT2D eigenvalue weighted by Gasteiger charge is -2.16. The largest absolute Gasteiger partial charge is 0.496 e. The summed E-state index contributed by atoms with van der Waals surface area (Å²) < 4.78 is 10.6. The smallest absolute Gasteiger partial charge is 0.232 e. The molecule has 0 bridgehead atoms. The van der Waals surface area contributed by atoms with Gasteiger partial charge in [-0.2, -0.15) is 0 Å². The van der Waals surface area contributed by atoms with E-state index in [2.05, 4.69) is 10.5 Å². The van der Waals surface area contributed by atoms with E-state index >= 15 is 0 Å². The molecule has 2 heterocycles. The molecule has 1 N–H and O–H groups in total. The van der Waals surface area contributed by atoms with Gasteiger partial charge >= 0.3 is 0 Å². The van der Waals surface area contributed by atoms with Gasteiger partial charge in [-0.1, -0.05) is 47.6 Å². The number of benzene rings is 2. The van der Waals surface area contributed by atoms with Crippen LogP contribution in [0.4, 0.5) is 5.88 Å². The number of nitrogens with zero attached hydrogens (tertiary/aromatic N) is 2. The summed E-state index contributed by atoms with van der Waals surface area (Å²) in [6.45, 7) is 0.886. The van der Waals surface area contributed by atoms with E-state index in [1.165, 1.54) is 0 Å². The predicted molar refractivity (Wildman–Crippen MR) is 107 cm³/mol. The second kappa shape index (κ2) is 8.18. The average molecular weight is 391 g/mol. The average Bonchev–Trinajstić information content (AvgIpc) is 3.35. The summed E-state index contributed by atoms with van der Waals surface area (Å²) in [5.74, 6) is 0.199. The molecule has 4 rings (SSSR count). The van der Waals surface area contributed by atoms with Crippen molar-refractivity contribution in [3.63, 3.8) is 0 Å². The van der Waals surface area contributed by atoms with Crippen LogP contribution < -0.4 is 10.1 Å². The Hall–Kier alpha value is -3.61. The highest BCUT2D eigenvalue weighted by Crippen LogP contribution is 2.30. The van der Waals surface area contributed by atoms with Crippen molar-refractivity contribution >= 4 is 17.7 Å². The summed E-state index contributed by atoms with van der Waals surface area (Å²) in [5.41, 5.74) is 2.37. The fourth-order valence-corrected chi connectivity index (χ4v) is 3.45. The fourth-order valence-electron chi connectivity index (χ4n) is 3.45.